The molecule has 1 unspecified atom stereocenters. The van der Waals surface area contributed by atoms with Crippen LogP contribution in [-0.2, 0) is 6.18 Å². The zero-order chi connectivity index (χ0) is 12.5. The lowest BCUT2D eigenvalue weighted by Gasteiger charge is -2.10. The fraction of sp³-hybridized carbons (Fsp3) is 0.417. The van der Waals surface area contributed by atoms with E-state index in [4.69, 9.17) is 0 Å². The fourth-order valence-electron chi connectivity index (χ4n) is 1.82. The lowest BCUT2D eigenvalue weighted by Crippen LogP contribution is -2.15. The van der Waals surface area contributed by atoms with E-state index in [9.17, 15) is 18.0 Å². The molecule has 1 atom stereocenters. The maximum atomic E-state index is 12.5. The summed E-state index contributed by atoms with van der Waals surface area (Å²) in [6.45, 7) is 0. The van der Waals surface area contributed by atoms with Gasteiger partial charge in [0.05, 0.1) is 10.8 Å². The van der Waals surface area contributed by atoms with Gasteiger partial charge < -0.3 is 0 Å². The normalized spacial score (nSPS) is 20.5. The van der Waals surface area contributed by atoms with Crippen LogP contribution in [0.2, 0.25) is 0 Å². The molecule has 1 aromatic rings. The Morgan fingerprint density at radius 2 is 2.12 bits per heavy atom. The van der Waals surface area contributed by atoms with Gasteiger partial charge >= 0.3 is 6.18 Å². The standard InChI is InChI=1S/C12H11F3OS/c13-12(14,15)9-4-1-3-8(7-9)11(16)10-5-2-6-17-10/h1,3-4,7,10H,2,5-6H2. The highest BCUT2D eigenvalue weighted by Crippen LogP contribution is 2.32. The number of alkyl halides is 3. The summed E-state index contributed by atoms with van der Waals surface area (Å²) in [6.07, 6.45) is -2.67. The van der Waals surface area contributed by atoms with Crippen LogP contribution in [0.5, 0.6) is 0 Å². The SMILES string of the molecule is O=C(c1cccc(C(F)(F)F)c1)C1CCCS1. The summed E-state index contributed by atoms with van der Waals surface area (Å²) in [4.78, 5) is 11.9. The molecule has 1 saturated heterocycles. The van der Waals surface area contributed by atoms with Crippen LogP contribution in [0, 0.1) is 0 Å². The summed E-state index contributed by atoms with van der Waals surface area (Å²) in [6, 6.07) is 4.67. The predicted octanol–water partition coefficient (Wildman–Crippen LogP) is 3.78. The van der Waals surface area contributed by atoms with Gasteiger partial charge in [0, 0.05) is 5.56 Å². The maximum Gasteiger partial charge on any atom is 0.416 e. The van der Waals surface area contributed by atoms with Crippen molar-refractivity contribution in [1.82, 2.24) is 0 Å². The summed E-state index contributed by atoms with van der Waals surface area (Å²) >= 11 is 1.53. The minimum absolute atomic E-state index is 0.166. The van der Waals surface area contributed by atoms with E-state index in [2.05, 4.69) is 0 Å². The van der Waals surface area contributed by atoms with Crippen LogP contribution < -0.4 is 0 Å². The van der Waals surface area contributed by atoms with Crippen LogP contribution in [0.25, 0.3) is 0 Å². The van der Waals surface area contributed by atoms with E-state index >= 15 is 0 Å². The third kappa shape index (κ3) is 2.83. The number of hydrogen-bond donors (Lipinski definition) is 0. The summed E-state index contributed by atoms with van der Waals surface area (Å²) in [5.41, 5.74) is -0.592. The molecule has 1 nitrogen and oxygen atoms in total. The second-order valence-electron chi connectivity index (χ2n) is 3.94. The Morgan fingerprint density at radius 1 is 1.35 bits per heavy atom. The van der Waals surface area contributed by atoms with Gasteiger partial charge in [-0.3, -0.25) is 4.79 Å². The first-order valence-corrected chi connectivity index (χ1v) is 6.36. The molecule has 1 heterocycles. The fourth-order valence-corrected chi connectivity index (χ4v) is 3.06. The zero-order valence-electron chi connectivity index (χ0n) is 8.96. The van der Waals surface area contributed by atoms with Crippen molar-refractivity contribution in [2.75, 3.05) is 5.75 Å². The highest BCUT2D eigenvalue weighted by atomic mass is 32.2. The molecule has 0 saturated carbocycles. The number of carbonyl (C=O) groups is 1. The first kappa shape index (κ1) is 12.5. The molecule has 0 spiro atoms. The van der Waals surface area contributed by atoms with Crippen molar-refractivity contribution in [1.29, 1.82) is 0 Å². The van der Waals surface area contributed by atoms with Crippen LogP contribution in [0.3, 0.4) is 0 Å². The Bertz CT molecular complexity index is 422. The van der Waals surface area contributed by atoms with E-state index in [0.29, 0.717) is 0 Å². The smallest absolute Gasteiger partial charge is 0.293 e. The summed E-state index contributed by atoms with van der Waals surface area (Å²) in [5.74, 6) is 0.730. The van der Waals surface area contributed by atoms with Crippen molar-refractivity contribution in [3.8, 4) is 0 Å². The molecular formula is C12H11F3OS. The van der Waals surface area contributed by atoms with Gasteiger partial charge in [-0.2, -0.15) is 24.9 Å². The van der Waals surface area contributed by atoms with E-state index in [-0.39, 0.29) is 16.6 Å². The molecule has 0 N–H and O–H groups in total. The third-order valence-electron chi connectivity index (χ3n) is 2.70. The van der Waals surface area contributed by atoms with Crippen molar-refractivity contribution in [3.05, 3.63) is 35.4 Å². The van der Waals surface area contributed by atoms with Crippen molar-refractivity contribution in [2.24, 2.45) is 0 Å². The van der Waals surface area contributed by atoms with Crippen LogP contribution in [0.1, 0.15) is 28.8 Å². The van der Waals surface area contributed by atoms with Crippen LogP contribution in [-0.4, -0.2) is 16.8 Å². The number of carbonyl (C=O) groups excluding carboxylic acids is 1. The molecule has 1 aliphatic rings. The average molecular weight is 260 g/mol. The number of benzene rings is 1. The largest absolute Gasteiger partial charge is 0.416 e. The molecular weight excluding hydrogens is 249 g/mol. The highest BCUT2D eigenvalue weighted by Gasteiger charge is 2.32. The molecule has 92 valence electrons. The minimum atomic E-state index is -4.39. The van der Waals surface area contributed by atoms with E-state index < -0.39 is 11.7 Å². The highest BCUT2D eigenvalue weighted by molar-refractivity contribution is 8.00. The molecule has 0 radical (unpaired) electrons. The number of rotatable bonds is 2. The van der Waals surface area contributed by atoms with Crippen LogP contribution in [0.15, 0.2) is 24.3 Å². The van der Waals surface area contributed by atoms with E-state index in [1.807, 2.05) is 0 Å². The third-order valence-corrected chi connectivity index (χ3v) is 4.07. The van der Waals surface area contributed by atoms with Gasteiger partial charge in [0.1, 0.15) is 0 Å². The number of halogens is 3. The van der Waals surface area contributed by atoms with Gasteiger partial charge in [-0.05, 0) is 30.7 Å². The Kier molecular flexibility index (Phi) is 3.47. The second kappa shape index (κ2) is 4.72. The van der Waals surface area contributed by atoms with E-state index in [1.54, 1.807) is 0 Å². The quantitative estimate of drug-likeness (QED) is 0.753. The number of hydrogen-bond acceptors (Lipinski definition) is 2. The first-order chi connectivity index (χ1) is 7.98. The molecule has 17 heavy (non-hydrogen) atoms. The van der Waals surface area contributed by atoms with Gasteiger partial charge in [-0.15, -0.1) is 0 Å². The van der Waals surface area contributed by atoms with Gasteiger partial charge in [0.2, 0.25) is 0 Å². The van der Waals surface area contributed by atoms with Crippen LogP contribution in [0.4, 0.5) is 13.2 Å². The number of Topliss-reactive ketones (excluding diaryl/α,β-unsaturated/α-hetero) is 1. The topological polar surface area (TPSA) is 17.1 Å². The zero-order valence-corrected chi connectivity index (χ0v) is 9.77. The molecule has 0 aromatic heterocycles. The van der Waals surface area contributed by atoms with Crippen molar-refractivity contribution >= 4 is 17.5 Å². The van der Waals surface area contributed by atoms with Gasteiger partial charge in [-0.1, -0.05) is 12.1 Å². The van der Waals surface area contributed by atoms with Crippen LogP contribution >= 0.6 is 11.8 Å². The van der Waals surface area contributed by atoms with E-state index in [0.717, 1.165) is 30.7 Å². The maximum absolute atomic E-state index is 12.5. The van der Waals surface area contributed by atoms with Crippen molar-refractivity contribution in [3.63, 3.8) is 0 Å². The molecule has 1 fully saturated rings. The summed E-state index contributed by atoms with van der Waals surface area (Å²) in [5, 5.41) is -0.168. The van der Waals surface area contributed by atoms with Gasteiger partial charge in [-0.25, -0.2) is 0 Å². The monoisotopic (exact) mass is 260 g/mol. The molecule has 0 aliphatic carbocycles. The molecule has 1 aliphatic heterocycles. The second-order valence-corrected chi connectivity index (χ2v) is 5.26. The Labute approximate surface area is 101 Å². The lowest BCUT2D eigenvalue weighted by molar-refractivity contribution is -0.137. The van der Waals surface area contributed by atoms with E-state index in [1.165, 1.54) is 23.9 Å². The number of ketones is 1. The predicted molar refractivity (Wildman–Crippen MR) is 61.3 cm³/mol. The van der Waals surface area contributed by atoms with Crippen molar-refractivity contribution < 1.29 is 18.0 Å². The molecule has 1 aromatic carbocycles. The Balaban J connectivity index is 2.24. The molecule has 5 heteroatoms. The molecule has 2 rings (SSSR count). The lowest BCUT2D eigenvalue weighted by atomic mass is 10.0. The molecule has 0 amide bonds. The molecule has 0 bridgehead atoms. The van der Waals surface area contributed by atoms with Gasteiger partial charge in [0.25, 0.3) is 0 Å². The number of thioether (sulfide) groups is 1. The summed E-state index contributed by atoms with van der Waals surface area (Å²) in [7, 11) is 0. The first-order valence-electron chi connectivity index (χ1n) is 5.31. The summed E-state index contributed by atoms with van der Waals surface area (Å²) < 4.78 is 37.5. The Morgan fingerprint density at radius 3 is 2.71 bits per heavy atom. The van der Waals surface area contributed by atoms with Crippen molar-refractivity contribution in [2.45, 2.75) is 24.3 Å². The minimum Gasteiger partial charge on any atom is -0.293 e. The van der Waals surface area contributed by atoms with Gasteiger partial charge in [0.15, 0.2) is 5.78 Å². The average Bonchev–Trinajstić information content (AvgIpc) is 2.80. The Hall–Kier alpha value is -0.970.